The minimum absolute atomic E-state index is 0.103. The van der Waals surface area contributed by atoms with Crippen LogP contribution in [0.15, 0.2) is 48.0 Å². The van der Waals surface area contributed by atoms with E-state index in [0.717, 1.165) is 11.1 Å². The smallest absolute Gasteiger partial charge is 0.266 e. The lowest BCUT2D eigenvalue weighted by molar-refractivity contribution is -0.112. The lowest BCUT2D eigenvalue weighted by Gasteiger charge is -2.08. The number of hydrogen-bond acceptors (Lipinski definition) is 3. The molecule has 0 fully saturated rings. The molecule has 0 saturated carbocycles. The van der Waals surface area contributed by atoms with Crippen molar-refractivity contribution in [2.75, 3.05) is 5.32 Å². The van der Waals surface area contributed by atoms with Crippen LogP contribution in [0, 0.1) is 37.9 Å². The second-order valence-electron chi connectivity index (χ2n) is 6.62. The highest BCUT2D eigenvalue weighted by Crippen LogP contribution is 2.26. The van der Waals surface area contributed by atoms with Crippen LogP contribution in [0.5, 0.6) is 0 Å². The third kappa shape index (κ3) is 4.36. The van der Waals surface area contributed by atoms with Gasteiger partial charge >= 0.3 is 0 Å². The molecule has 2 aromatic carbocycles. The lowest BCUT2D eigenvalue weighted by atomic mass is 10.1. The molecule has 1 N–H and O–H groups in total. The first-order chi connectivity index (χ1) is 13.8. The molecular weight excluding hydrogens is 391 g/mol. The third-order valence-electron chi connectivity index (χ3n) is 4.40. The molecule has 5 nitrogen and oxygen atoms in total. The van der Waals surface area contributed by atoms with E-state index in [1.54, 1.807) is 25.1 Å². The maximum atomic E-state index is 13.2. The number of aromatic nitrogens is 2. The number of halogens is 2. The van der Waals surface area contributed by atoms with E-state index >= 15 is 0 Å². The molecule has 0 unspecified atom stereocenters. The highest BCUT2D eigenvalue weighted by molar-refractivity contribution is 6.31. The number of amides is 1. The maximum Gasteiger partial charge on any atom is 0.266 e. The van der Waals surface area contributed by atoms with Crippen LogP contribution in [0.2, 0.25) is 5.15 Å². The molecular formula is C22H18ClFN4O. The maximum absolute atomic E-state index is 13.2. The molecule has 0 saturated heterocycles. The fourth-order valence-electron chi connectivity index (χ4n) is 2.86. The Hall–Kier alpha value is -3.43. The van der Waals surface area contributed by atoms with Crippen molar-refractivity contribution in [3.8, 4) is 11.8 Å². The Kier molecular flexibility index (Phi) is 5.81. The normalized spacial score (nSPS) is 11.2. The van der Waals surface area contributed by atoms with Crippen molar-refractivity contribution in [3.63, 3.8) is 0 Å². The molecule has 1 heterocycles. The fraction of sp³-hybridized carbons (Fsp3) is 0.136. The summed E-state index contributed by atoms with van der Waals surface area (Å²) >= 11 is 6.43. The van der Waals surface area contributed by atoms with Gasteiger partial charge in [-0.1, -0.05) is 29.3 Å². The number of carbonyl (C=O) groups is 1. The molecule has 0 aliphatic rings. The summed E-state index contributed by atoms with van der Waals surface area (Å²) in [6.45, 7) is 5.56. The van der Waals surface area contributed by atoms with E-state index in [9.17, 15) is 14.4 Å². The van der Waals surface area contributed by atoms with E-state index in [2.05, 4.69) is 10.4 Å². The first kappa shape index (κ1) is 20.3. The van der Waals surface area contributed by atoms with Gasteiger partial charge in [-0.2, -0.15) is 10.4 Å². The zero-order valence-electron chi connectivity index (χ0n) is 16.1. The summed E-state index contributed by atoms with van der Waals surface area (Å²) in [6.07, 6.45) is 1.41. The number of hydrogen-bond donors (Lipinski definition) is 1. The van der Waals surface area contributed by atoms with Crippen LogP contribution >= 0.6 is 11.6 Å². The van der Waals surface area contributed by atoms with Gasteiger partial charge in [-0.05, 0) is 62.7 Å². The van der Waals surface area contributed by atoms with Crippen molar-refractivity contribution in [2.45, 2.75) is 20.8 Å². The summed E-state index contributed by atoms with van der Waals surface area (Å²) < 4.78 is 14.6. The van der Waals surface area contributed by atoms with Gasteiger partial charge in [-0.3, -0.25) is 4.79 Å². The molecule has 7 heteroatoms. The van der Waals surface area contributed by atoms with E-state index < -0.39 is 5.91 Å². The molecule has 3 rings (SSSR count). The second-order valence-corrected chi connectivity index (χ2v) is 6.98. The largest absolute Gasteiger partial charge is 0.321 e. The van der Waals surface area contributed by atoms with Crippen LogP contribution in [0.25, 0.3) is 11.8 Å². The fourth-order valence-corrected chi connectivity index (χ4v) is 3.19. The number of rotatable bonds is 4. The van der Waals surface area contributed by atoms with Gasteiger partial charge in [0.25, 0.3) is 5.91 Å². The van der Waals surface area contributed by atoms with Gasteiger partial charge in [-0.15, -0.1) is 0 Å². The average molecular weight is 409 g/mol. The molecule has 0 atom stereocenters. The predicted molar refractivity (Wildman–Crippen MR) is 111 cm³/mol. The third-order valence-corrected chi connectivity index (χ3v) is 4.77. The Morgan fingerprint density at radius 2 is 1.90 bits per heavy atom. The molecule has 0 radical (unpaired) electrons. The molecule has 0 spiro atoms. The van der Waals surface area contributed by atoms with E-state index in [4.69, 9.17) is 11.6 Å². The Morgan fingerprint density at radius 1 is 1.21 bits per heavy atom. The van der Waals surface area contributed by atoms with Crippen LogP contribution in [-0.2, 0) is 4.79 Å². The van der Waals surface area contributed by atoms with E-state index in [-0.39, 0.29) is 16.5 Å². The van der Waals surface area contributed by atoms with Gasteiger partial charge in [-0.25, -0.2) is 9.07 Å². The van der Waals surface area contributed by atoms with Crippen molar-refractivity contribution >= 4 is 29.3 Å². The standard InChI is InChI=1S/C22H18ClFN4O/c1-13-4-9-20(14(2)10-13)26-22(29)16(12-25)11-19-15(3)27-28(21(19)23)18-7-5-17(24)6-8-18/h4-11H,1-3H3,(H,26,29)/b16-11+. The molecule has 3 aromatic rings. The zero-order valence-corrected chi connectivity index (χ0v) is 16.9. The summed E-state index contributed by atoms with van der Waals surface area (Å²) in [4.78, 5) is 12.6. The summed E-state index contributed by atoms with van der Waals surface area (Å²) in [6, 6.07) is 13.2. The topological polar surface area (TPSA) is 70.7 Å². The monoisotopic (exact) mass is 408 g/mol. The molecule has 0 bridgehead atoms. The van der Waals surface area contributed by atoms with Gasteiger partial charge < -0.3 is 5.32 Å². The Bertz CT molecular complexity index is 1160. The number of benzene rings is 2. The SMILES string of the molecule is Cc1ccc(NC(=O)/C(C#N)=C/c2c(C)nn(-c3ccc(F)cc3)c2Cl)c(C)c1. The highest BCUT2D eigenvalue weighted by Gasteiger charge is 2.17. The number of nitrogens with zero attached hydrogens (tertiary/aromatic N) is 3. The van der Waals surface area contributed by atoms with Gasteiger partial charge in [0.2, 0.25) is 0 Å². The molecule has 29 heavy (non-hydrogen) atoms. The molecule has 1 amide bonds. The first-order valence-electron chi connectivity index (χ1n) is 8.81. The average Bonchev–Trinajstić information content (AvgIpc) is 2.96. The molecule has 146 valence electrons. The molecule has 0 aliphatic heterocycles. The predicted octanol–water partition coefficient (Wildman–Crippen LogP) is 5.14. The number of aryl methyl sites for hydroxylation is 3. The quantitative estimate of drug-likeness (QED) is 0.480. The second kappa shape index (κ2) is 8.29. The Labute approximate surface area is 173 Å². The summed E-state index contributed by atoms with van der Waals surface area (Å²) in [7, 11) is 0. The van der Waals surface area contributed by atoms with E-state index in [1.807, 2.05) is 32.0 Å². The number of anilines is 1. The Balaban J connectivity index is 1.94. The van der Waals surface area contributed by atoms with Crippen LogP contribution in [0.1, 0.15) is 22.4 Å². The summed E-state index contributed by atoms with van der Waals surface area (Å²) in [5.74, 6) is -0.909. The lowest BCUT2D eigenvalue weighted by Crippen LogP contribution is -2.14. The summed E-state index contributed by atoms with van der Waals surface area (Å²) in [5.41, 5.74) is 4.05. The van der Waals surface area contributed by atoms with Crippen molar-refractivity contribution in [3.05, 3.63) is 81.4 Å². The van der Waals surface area contributed by atoms with Gasteiger partial charge in [0, 0.05) is 11.3 Å². The van der Waals surface area contributed by atoms with Crippen LogP contribution in [0.3, 0.4) is 0 Å². The number of carbonyl (C=O) groups excluding carboxylic acids is 1. The zero-order chi connectivity index (χ0) is 21.1. The van der Waals surface area contributed by atoms with Gasteiger partial charge in [0.15, 0.2) is 0 Å². The van der Waals surface area contributed by atoms with Crippen LogP contribution < -0.4 is 5.32 Å². The van der Waals surface area contributed by atoms with Crippen molar-refractivity contribution in [1.29, 1.82) is 5.26 Å². The van der Waals surface area contributed by atoms with Gasteiger partial charge in [0.1, 0.15) is 22.6 Å². The van der Waals surface area contributed by atoms with Crippen molar-refractivity contribution in [1.82, 2.24) is 9.78 Å². The van der Waals surface area contributed by atoms with E-state index in [0.29, 0.717) is 22.6 Å². The van der Waals surface area contributed by atoms with Crippen molar-refractivity contribution < 1.29 is 9.18 Å². The van der Waals surface area contributed by atoms with Gasteiger partial charge in [0.05, 0.1) is 11.4 Å². The minimum atomic E-state index is -0.538. The molecule has 1 aromatic heterocycles. The van der Waals surface area contributed by atoms with E-state index in [1.165, 1.54) is 22.9 Å². The van der Waals surface area contributed by atoms with Crippen LogP contribution in [0.4, 0.5) is 10.1 Å². The molecule has 0 aliphatic carbocycles. The minimum Gasteiger partial charge on any atom is -0.321 e. The highest BCUT2D eigenvalue weighted by atomic mass is 35.5. The van der Waals surface area contributed by atoms with Crippen molar-refractivity contribution in [2.24, 2.45) is 0 Å². The Morgan fingerprint density at radius 3 is 2.52 bits per heavy atom. The summed E-state index contributed by atoms with van der Waals surface area (Å²) in [5, 5.41) is 16.8. The van der Waals surface area contributed by atoms with Crippen LogP contribution in [-0.4, -0.2) is 15.7 Å². The number of nitriles is 1. The first-order valence-corrected chi connectivity index (χ1v) is 9.19. The number of nitrogens with one attached hydrogen (secondary N) is 1.